The molecule has 3 heteroatoms. The number of hydrogen-bond donors (Lipinski definition) is 1. The molecule has 0 saturated heterocycles. The fourth-order valence-corrected chi connectivity index (χ4v) is 2.07. The van der Waals surface area contributed by atoms with Gasteiger partial charge in [-0.3, -0.25) is 0 Å². The molecule has 0 aliphatic rings. The van der Waals surface area contributed by atoms with Crippen LogP contribution in [0.25, 0.3) is 0 Å². The fourth-order valence-electron chi connectivity index (χ4n) is 1.25. The second-order valence-corrected chi connectivity index (χ2v) is 5.24. The molecule has 0 bridgehead atoms. The fraction of sp³-hybridized carbons (Fsp3) is 0.500. The van der Waals surface area contributed by atoms with Crippen LogP contribution in [0.1, 0.15) is 18.9 Å². The number of thioether (sulfide) groups is 1. The predicted octanol–water partition coefficient (Wildman–Crippen LogP) is 4.20. The van der Waals surface area contributed by atoms with Crippen molar-refractivity contribution >= 4 is 29.1 Å². The SMILES string of the molecule is CCSCCCNc1ccc(C)c(Cl)c1. The van der Waals surface area contributed by atoms with Crippen LogP contribution in [-0.2, 0) is 0 Å². The lowest BCUT2D eigenvalue weighted by molar-refractivity contribution is 0.992. The van der Waals surface area contributed by atoms with E-state index in [4.69, 9.17) is 11.6 Å². The van der Waals surface area contributed by atoms with Crippen molar-refractivity contribution in [2.24, 2.45) is 0 Å². The van der Waals surface area contributed by atoms with Gasteiger partial charge in [-0.15, -0.1) is 0 Å². The maximum atomic E-state index is 6.03. The van der Waals surface area contributed by atoms with Crippen molar-refractivity contribution in [3.63, 3.8) is 0 Å². The normalized spacial score (nSPS) is 10.3. The van der Waals surface area contributed by atoms with Gasteiger partial charge >= 0.3 is 0 Å². The largest absolute Gasteiger partial charge is 0.385 e. The number of hydrogen-bond acceptors (Lipinski definition) is 2. The first-order chi connectivity index (χ1) is 7.24. The number of rotatable bonds is 6. The Morgan fingerprint density at radius 2 is 2.20 bits per heavy atom. The van der Waals surface area contributed by atoms with Crippen LogP contribution < -0.4 is 5.32 Å². The zero-order chi connectivity index (χ0) is 11.1. The Morgan fingerprint density at radius 1 is 1.40 bits per heavy atom. The molecule has 1 N–H and O–H groups in total. The van der Waals surface area contributed by atoms with Crippen LogP contribution in [-0.4, -0.2) is 18.1 Å². The summed E-state index contributed by atoms with van der Waals surface area (Å²) in [6.45, 7) is 5.23. The molecular formula is C12H18ClNS. The van der Waals surface area contributed by atoms with Gasteiger partial charge in [-0.25, -0.2) is 0 Å². The summed E-state index contributed by atoms with van der Waals surface area (Å²) < 4.78 is 0. The Morgan fingerprint density at radius 3 is 2.87 bits per heavy atom. The number of aryl methyl sites for hydroxylation is 1. The molecule has 0 aliphatic carbocycles. The van der Waals surface area contributed by atoms with Crippen LogP contribution in [0.2, 0.25) is 5.02 Å². The van der Waals surface area contributed by atoms with Crippen molar-refractivity contribution < 1.29 is 0 Å². The molecule has 15 heavy (non-hydrogen) atoms. The third kappa shape index (κ3) is 4.80. The van der Waals surface area contributed by atoms with Gasteiger partial charge in [0.1, 0.15) is 0 Å². The van der Waals surface area contributed by atoms with Crippen molar-refractivity contribution in [3.05, 3.63) is 28.8 Å². The molecule has 1 nitrogen and oxygen atoms in total. The van der Waals surface area contributed by atoms with Gasteiger partial charge in [-0.05, 0) is 42.5 Å². The average molecular weight is 244 g/mol. The molecule has 1 aromatic carbocycles. The number of nitrogens with one attached hydrogen (secondary N) is 1. The molecule has 1 rings (SSSR count). The van der Waals surface area contributed by atoms with Crippen LogP contribution >= 0.6 is 23.4 Å². The lowest BCUT2D eigenvalue weighted by atomic mass is 10.2. The Labute approximate surface area is 102 Å². The van der Waals surface area contributed by atoms with Crippen LogP contribution in [0.5, 0.6) is 0 Å². The first-order valence-electron chi connectivity index (χ1n) is 5.32. The molecular weight excluding hydrogens is 226 g/mol. The summed E-state index contributed by atoms with van der Waals surface area (Å²) in [6, 6.07) is 6.11. The lowest BCUT2D eigenvalue weighted by Crippen LogP contribution is -2.02. The van der Waals surface area contributed by atoms with Gasteiger partial charge in [-0.2, -0.15) is 11.8 Å². The van der Waals surface area contributed by atoms with E-state index < -0.39 is 0 Å². The summed E-state index contributed by atoms with van der Waals surface area (Å²) in [5, 5.41) is 4.21. The first-order valence-corrected chi connectivity index (χ1v) is 6.85. The van der Waals surface area contributed by atoms with Crippen LogP contribution in [0.3, 0.4) is 0 Å². The van der Waals surface area contributed by atoms with E-state index in [0.717, 1.165) is 22.8 Å². The van der Waals surface area contributed by atoms with Gasteiger partial charge in [0.25, 0.3) is 0 Å². The molecule has 84 valence electrons. The second-order valence-electron chi connectivity index (χ2n) is 3.44. The van der Waals surface area contributed by atoms with Gasteiger partial charge in [0.2, 0.25) is 0 Å². The summed E-state index contributed by atoms with van der Waals surface area (Å²) in [5.41, 5.74) is 2.25. The van der Waals surface area contributed by atoms with Gasteiger partial charge < -0.3 is 5.32 Å². The minimum Gasteiger partial charge on any atom is -0.385 e. The lowest BCUT2D eigenvalue weighted by Gasteiger charge is -2.07. The van der Waals surface area contributed by atoms with Crippen molar-refractivity contribution in [2.45, 2.75) is 20.3 Å². The highest BCUT2D eigenvalue weighted by Gasteiger charge is 1.96. The Kier molecular flexibility index (Phi) is 5.96. The van der Waals surface area contributed by atoms with E-state index in [9.17, 15) is 0 Å². The van der Waals surface area contributed by atoms with Crippen LogP contribution in [0.4, 0.5) is 5.69 Å². The molecule has 0 aliphatic heterocycles. The summed E-state index contributed by atoms with van der Waals surface area (Å²) in [7, 11) is 0. The van der Waals surface area contributed by atoms with Crippen molar-refractivity contribution in [1.82, 2.24) is 0 Å². The van der Waals surface area contributed by atoms with E-state index in [1.807, 2.05) is 30.8 Å². The zero-order valence-corrected chi connectivity index (χ0v) is 10.9. The summed E-state index contributed by atoms with van der Waals surface area (Å²) in [6.07, 6.45) is 1.20. The van der Waals surface area contributed by atoms with Crippen molar-refractivity contribution in [2.75, 3.05) is 23.4 Å². The minimum absolute atomic E-state index is 0.836. The monoisotopic (exact) mass is 243 g/mol. The molecule has 0 aromatic heterocycles. The molecule has 1 aromatic rings. The molecule has 0 saturated carbocycles. The smallest absolute Gasteiger partial charge is 0.0455 e. The summed E-state index contributed by atoms with van der Waals surface area (Å²) in [4.78, 5) is 0. The quantitative estimate of drug-likeness (QED) is 0.752. The van der Waals surface area contributed by atoms with E-state index in [0.29, 0.717) is 0 Å². The number of anilines is 1. The molecule has 0 heterocycles. The van der Waals surface area contributed by atoms with Gasteiger partial charge in [0.15, 0.2) is 0 Å². The van der Waals surface area contributed by atoms with E-state index >= 15 is 0 Å². The first kappa shape index (κ1) is 12.7. The highest BCUT2D eigenvalue weighted by atomic mass is 35.5. The van der Waals surface area contributed by atoms with Crippen molar-refractivity contribution in [1.29, 1.82) is 0 Å². The highest BCUT2D eigenvalue weighted by molar-refractivity contribution is 7.99. The Hall–Kier alpha value is -0.340. The highest BCUT2D eigenvalue weighted by Crippen LogP contribution is 2.19. The molecule has 0 unspecified atom stereocenters. The Bertz CT molecular complexity index is 302. The summed E-state index contributed by atoms with van der Waals surface area (Å²) in [5.74, 6) is 2.43. The molecule has 0 radical (unpaired) electrons. The third-order valence-electron chi connectivity index (χ3n) is 2.17. The molecule has 0 spiro atoms. The standard InChI is InChI=1S/C12H18ClNS/c1-3-15-8-4-7-14-11-6-5-10(2)12(13)9-11/h5-6,9,14H,3-4,7-8H2,1-2H3. The molecule has 0 atom stereocenters. The van der Waals surface area contributed by atoms with E-state index in [1.54, 1.807) is 0 Å². The topological polar surface area (TPSA) is 12.0 Å². The summed E-state index contributed by atoms with van der Waals surface area (Å²) >= 11 is 8.02. The Balaban J connectivity index is 2.28. The van der Waals surface area contributed by atoms with E-state index in [1.165, 1.54) is 17.9 Å². The third-order valence-corrected chi connectivity index (χ3v) is 3.56. The zero-order valence-electron chi connectivity index (χ0n) is 9.35. The van der Waals surface area contributed by atoms with Crippen LogP contribution in [0, 0.1) is 6.92 Å². The van der Waals surface area contributed by atoms with E-state index in [-0.39, 0.29) is 0 Å². The van der Waals surface area contributed by atoms with Crippen LogP contribution in [0.15, 0.2) is 18.2 Å². The molecule has 0 fully saturated rings. The maximum absolute atomic E-state index is 6.03. The number of halogens is 1. The predicted molar refractivity (Wildman–Crippen MR) is 72.3 cm³/mol. The van der Waals surface area contributed by atoms with Gasteiger partial charge in [-0.1, -0.05) is 24.6 Å². The van der Waals surface area contributed by atoms with Crippen molar-refractivity contribution in [3.8, 4) is 0 Å². The number of benzene rings is 1. The van der Waals surface area contributed by atoms with Gasteiger partial charge in [0, 0.05) is 17.3 Å². The average Bonchev–Trinajstić information content (AvgIpc) is 2.23. The van der Waals surface area contributed by atoms with Gasteiger partial charge in [0.05, 0.1) is 0 Å². The van der Waals surface area contributed by atoms with E-state index in [2.05, 4.69) is 18.3 Å². The second kappa shape index (κ2) is 7.02. The molecule has 0 amide bonds. The maximum Gasteiger partial charge on any atom is 0.0455 e. The minimum atomic E-state index is 0.836.